The first-order valence-electron chi connectivity index (χ1n) is 8.28. The van der Waals surface area contributed by atoms with Gasteiger partial charge in [-0.2, -0.15) is 5.10 Å². The van der Waals surface area contributed by atoms with Crippen LogP contribution in [0.4, 0.5) is 0 Å². The van der Waals surface area contributed by atoms with Gasteiger partial charge in [0.2, 0.25) is 0 Å². The van der Waals surface area contributed by atoms with Crippen molar-refractivity contribution in [3.05, 3.63) is 77.5 Å². The monoisotopic (exact) mass is 303 g/mol. The Bertz CT molecular complexity index is 762. The van der Waals surface area contributed by atoms with Gasteiger partial charge < -0.3 is 0 Å². The molecular weight excluding hydrogens is 282 g/mol. The minimum Gasteiger partial charge on any atom is -0.298 e. The molecule has 1 aliphatic heterocycles. The van der Waals surface area contributed by atoms with Crippen LogP contribution < -0.4 is 0 Å². The Balaban J connectivity index is 1.49. The minimum absolute atomic E-state index is 0.989. The van der Waals surface area contributed by atoms with Gasteiger partial charge in [0.15, 0.2) is 0 Å². The fraction of sp³-hybridized carbons (Fsp3) is 0.250. The average molecular weight is 303 g/mol. The molecular formula is C20H21N3. The van der Waals surface area contributed by atoms with Gasteiger partial charge in [-0.3, -0.25) is 10.00 Å². The Morgan fingerprint density at radius 1 is 0.957 bits per heavy atom. The highest BCUT2D eigenvalue weighted by Gasteiger charge is 2.22. The number of nitrogens with zero attached hydrogens (tertiary/aromatic N) is 2. The van der Waals surface area contributed by atoms with Crippen molar-refractivity contribution in [2.24, 2.45) is 0 Å². The molecule has 0 saturated carbocycles. The highest BCUT2D eigenvalue weighted by atomic mass is 15.2. The first kappa shape index (κ1) is 14.2. The third kappa shape index (κ3) is 3.06. The highest BCUT2D eigenvalue weighted by molar-refractivity contribution is 5.64. The number of nitrogens with one attached hydrogen (secondary N) is 1. The molecule has 0 fully saturated rings. The zero-order chi connectivity index (χ0) is 15.5. The van der Waals surface area contributed by atoms with Crippen LogP contribution in [-0.4, -0.2) is 28.2 Å². The zero-order valence-corrected chi connectivity index (χ0v) is 13.2. The quantitative estimate of drug-likeness (QED) is 0.797. The largest absolute Gasteiger partial charge is 0.298 e. The van der Waals surface area contributed by atoms with Crippen molar-refractivity contribution < 1.29 is 0 Å². The van der Waals surface area contributed by atoms with Gasteiger partial charge in [0.1, 0.15) is 0 Å². The van der Waals surface area contributed by atoms with Crippen LogP contribution >= 0.6 is 0 Å². The summed E-state index contributed by atoms with van der Waals surface area (Å²) in [4.78, 5) is 2.54. The van der Waals surface area contributed by atoms with Gasteiger partial charge >= 0.3 is 0 Å². The van der Waals surface area contributed by atoms with Crippen molar-refractivity contribution in [3.8, 4) is 11.3 Å². The first-order chi connectivity index (χ1) is 11.4. The molecule has 23 heavy (non-hydrogen) atoms. The maximum atomic E-state index is 4.57. The number of benzene rings is 2. The van der Waals surface area contributed by atoms with Gasteiger partial charge in [-0.15, -0.1) is 0 Å². The summed E-state index contributed by atoms with van der Waals surface area (Å²) in [7, 11) is 0. The number of rotatable bonds is 4. The van der Waals surface area contributed by atoms with Gasteiger partial charge in [-0.05, 0) is 12.0 Å². The minimum atomic E-state index is 0.989. The van der Waals surface area contributed by atoms with E-state index in [-0.39, 0.29) is 0 Å². The van der Waals surface area contributed by atoms with E-state index in [0.717, 1.165) is 38.2 Å². The Kier molecular flexibility index (Phi) is 3.95. The lowest BCUT2D eigenvalue weighted by Gasteiger charge is -2.27. The molecule has 1 N–H and O–H groups in total. The van der Waals surface area contributed by atoms with E-state index in [4.69, 9.17) is 0 Å². The third-order valence-corrected chi connectivity index (χ3v) is 4.62. The number of fused-ring (bicyclic) bond motifs is 1. The van der Waals surface area contributed by atoms with Crippen LogP contribution in [-0.2, 0) is 19.4 Å². The van der Waals surface area contributed by atoms with E-state index in [9.17, 15) is 0 Å². The summed E-state index contributed by atoms with van der Waals surface area (Å²) in [6.07, 6.45) is 2.17. The topological polar surface area (TPSA) is 31.9 Å². The number of aromatic nitrogens is 2. The van der Waals surface area contributed by atoms with Gasteiger partial charge in [0.05, 0.1) is 5.69 Å². The predicted octanol–water partition coefficient (Wildman–Crippen LogP) is 3.68. The van der Waals surface area contributed by atoms with Gasteiger partial charge in [0, 0.05) is 42.9 Å². The number of hydrogen-bond acceptors (Lipinski definition) is 2. The number of H-pyrrole nitrogens is 1. The molecule has 2 aromatic carbocycles. The maximum absolute atomic E-state index is 4.57. The molecule has 3 nitrogen and oxygen atoms in total. The van der Waals surface area contributed by atoms with Crippen LogP contribution in [0.15, 0.2) is 60.7 Å². The molecule has 0 unspecified atom stereocenters. The van der Waals surface area contributed by atoms with Crippen LogP contribution in [0, 0.1) is 0 Å². The van der Waals surface area contributed by atoms with Crippen molar-refractivity contribution in [1.82, 2.24) is 15.1 Å². The smallest absolute Gasteiger partial charge is 0.0968 e. The number of aromatic amines is 1. The van der Waals surface area contributed by atoms with Crippen molar-refractivity contribution in [3.63, 3.8) is 0 Å². The van der Waals surface area contributed by atoms with E-state index in [0.29, 0.717) is 0 Å². The predicted molar refractivity (Wildman–Crippen MR) is 93.2 cm³/mol. The molecule has 0 bridgehead atoms. The molecule has 0 amide bonds. The molecule has 116 valence electrons. The molecule has 0 atom stereocenters. The van der Waals surface area contributed by atoms with Crippen LogP contribution in [0.2, 0.25) is 0 Å². The molecule has 0 spiro atoms. The maximum Gasteiger partial charge on any atom is 0.0968 e. The molecule has 4 rings (SSSR count). The summed E-state index contributed by atoms with van der Waals surface area (Å²) in [6.45, 7) is 3.20. The Labute approximate surface area is 137 Å². The Morgan fingerprint density at radius 3 is 2.48 bits per heavy atom. The fourth-order valence-electron chi connectivity index (χ4n) is 3.31. The lowest BCUT2D eigenvalue weighted by Crippen LogP contribution is -2.32. The Morgan fingerprint density at radius 2 is 1.70 bits per heavy atom. The molecule has 0 aliphatic carbocycles. The van der Waals surface area contributed by atoms with E-state index >= 15 is 0 Å². The van der Waals surface area contributed by atoms with Gasteiger partial charge in [-0.25, -0.2) is 0 Å². The van der Waals surface area contributed by atoms with E-state index < -0.39 is 0 Å². The highest BCUT2D eigenvalue weighted by Crippen LogP contribution is 2.28. The molecule has 3 heteroatoms. The summed E-state index contributed by atoms with van der Waals surface area (Å²) >= 11 is 0. The molecule has 0 saturated heterocycles. The second-order valence-corrected chi connectivity index (χ2v) is 6.16. The van der Waals surface area contributed by atoms with Crippen LogP contribution in [0.5, 0.6) is 0 Å². The normalized spacial score (nSPS) is 14.6. The average Bonchev–Trinajstić information content (AvgIpc) is 3.05. The van der Waals surface area contributed by atoms with Crippen LogP contribution in [0.25, 0.3) is 11.3 Å². The van der Waals surface area contributed by atoms with Crippen molar-refractivity contribution in [1.29, 1.82) is 0 Å². The lowest BCUT2D eigenvalue weighted by molar-refractivity contribution is 0.257. The number of hydrogen-bond donors (Lipinski definition) is 1. The molecule has 1 aliphatic rings. The lowest BCUT2D eigenvalue weighted by atomic mass is 10.0. The summed E-state index contributed by atoms with van der Waals surface area (Å²) < 4.78 is 0. The summed E-state index contributed by atoms with van der Waals surface area (Å²) in [5.41, 5.74) is 6.41. The van der Waals surface area contributed by atoms with Gasteiger partial charge in [-0.1, -0.05) is 60.7 Å². The van der Waals surface area contributed by atoms with Crippen molar-refractivity contribution >= 4 is 0 Å². The summed E-state index contributed by atoms with van der Waals surface area (Å²) in [6, 6.07) is 21.2. The second kappa shape index (κ2) is 6.39. The van der Waals surface area contributed by atoms with E-state index in [1.807, 2.05) is 0 Å². The molecule has 3 aromatic rings. The van der Waals surface area contributed by atoms with Crippen molar-refractivity contribution in [2.75, 3.05) is 13.1 Å². The fourth-order valence-corrected chi connectivity index (χ4v) is 3.31. The third-order valence-electron chi connectivity index (χ3n) is 4.62. The zero-order valence-electron chi connectivity index (χ0n) is 13.2. The summed E-state index contributed by atoms with van der Waals surface area (Å²) in [5.74, 6) is 0. The van der Waals surface area contributed by atoms with Crippen LogP contribution in [0.3, 0.4) is 0 Å². The first-order valence-corrected chi connectivity index (χ1v) is 8.28. The van der Waals surface area contributed by atoms with E-state index in [1.165, 1.54) is 22.4 Å². The van der Waals surface area contributed by atoms with E-state index in [1.54, 1.807) is 0 Å². The second-order valence-electron chi connectivity index (χ2n) is 6.16. The Hall–Kier alpha value is -2.39. The summed E-state index contributed by atoms with van der Waals surface area (Å²) in [5, 5.41) is 7.81. The molecule has 1 aromatic heterocycles. The standard InChI is InChI=1S/C20H21N3/c1-3-7-16(8-4-1)11-13-23-14-12-19-18(15-23)20(22-21-19)17-9-5-2-6-10-17/h1-10H,11-15H2,(H,21,22). The SMILES string of the molecule is c1ccc(CCN2CCc3[nH]nc(-c4ccccc4)c3C2)cc1. The van der Waals surface area contributed by atoms with E-state index in [2.05, 4.69) is 75.8 Å². The van der Waals surface area contributed by atoms with Gasteiger partial charge in [0.25, 0.3) is 0 Å². The molecule has 0 radical (unpaired) electrons. The molecule has 2 heterocycles. The van der Waals surface area contributed by atoms with Crippen LogP contribution in [0.1, 0.15) is 16.8 Å². The van der Waals surface area contributed by atoms with Crippen molar-refractivity contribution in [2.45, 2.75) is 19.4 Å².